The Morgan fingerprint density at radius 3 is 2.72 bits per heavy atom. The second kappa shape index (κ2) is 9.74. The summed E-state index contributed by atoms with van der Waals surface area (Å²) in [7, 11) is 0. The third-order valence-corrected chi connectivity index (χ3v) is 3.69. The number of aliphatic hydroxyl groups excluding tert-OH is 1. The SMILES string of the molecule is C=CCOc1ccc(-c2ccc(C=CCCCC(C)O)nc2)cc1F. The zero-order chi connectivity index (χ0) is 18.1. The van der Waals surface area contributed by atoms with Crippen LogP contribution in [0, 0.1) is 5.82 Å². The van der Waals surface area contributed by atoms with E-state index in [4.69, 9.17) is 4.74 Å². The summed E-state index contributed by atoms with van der Waals surface area (Å²) in [6, 6.07) is 8.69. The van der Waals surface area contributed by atoms with Crippen LogP contribution in [0.2, 0.25) is 0 Å². The number of allylic oxidation sites excluding steroid dienone is 1. The minimum absolute atomic E-state index is 0.216. The predicted molar refractivity (Wildman–Crippen MR) is 99.9 cm³/mol. The predicted octanol–water partition coefficient (Wildman–Crippen LogP) is 5.02. The number of halogens is 1. The van der Waals surface area contributed by atoms with E-state index in [2.05, 4.69) is 17.6 Å². The molecule has 0 bridgehead atoms. The van der Waals surface area contributed by atoms with Crippen LogP contribution in [-0.4, -0.2) is 22.8 Å². The Hall–Kier alpha value is -2.46. The number of ether oxygens (including phenoxy) is 1. The first-order valence-corrected chi connectivity index (χ1v) is 8.44. The van der Waals surface area contributed by atoms with Gasteiger partial charge in [0.2, 0.25) is 0 Å². The molecule has 0 fully saturated rings. The molecule has 0 spiro atoms. The van der Waals surface area contributed by atoms with Crippen molar-refractivity contribution in [2.24, 2.45) is 0 Å². The van der Waals surface area contributed by atoms with E-state index in [0.29, 0.717) is 0 Å². The van der Waals surface area contributed by atoms with Gasteiger partial charge in [-0.1, -0.05) is 30.9 Å². The monoisotopic (exact) mass is 341 g/mol. The second-order valence-corrected chi connectivity index (χ2v) is 5.90. The van der Waals surface area contributed by atoms with Crippen LogP contribution in [0.4, 0.5) is 4.39 Å². The largest absolute Gasteiger partial charge is 0.486 e. The molecule has 1 N–H and O–H groups in total. The van der Waals surface area contributed by atoms with Crippen LogP contribution in [-0.2, 0) is 0 Å². The van der Waals surface area contributed by atoms with Crippen LogP contribution >= 0.6 is 0 Å². The summed E-state index contributed by atoms with van der Waals surface area (Å²) in [6.45, 7) is 5.62. The fourth-order valence-corrected chi connectivity index (χ4v) is 2.36. The summed E-state index contributed by atoms with van der Waals surface area (Å²) in [6.07, 6.45) is 9.73. The highest BCUT2D eigenvalue weighted by Crippen LogP contribution is 2.25. The van der Waals surface area contributed by atoms with Gasteiger partial charge in [-0.25, -0.2) is 4.39 Å². The highest BCUT2D eigenvalue weighted by Gasteiger charge is 2.06. The molecule has 1 heterocycles. The van der Waals surface area contributed by atoms with E-state index in [9.17, 15) is 9.50 Å². The van der Waals surface area contributed by atoms with Crippen LogP contribution in [0.3, 0.4) is 0 Å². The number of unbranched alkanes of at least 4 members (excludes halogenated alkanes) is 1. The Balaban J connectivity index is 1.98. The van der Waals surface area contributed by atoms with Gasteiger partial charge >= 0.3 is 0 Å². The van der Waals surface area contributed by atoms with Crippen molar-refractivity contribution >= 4 is 6.08 Å². The first kappa shape index (κ1) is 18.9. The number of aliphatic hydroxyl groups is 1. The van der Waals surface area contributed by atoms with Crippen LogP contribution in [0.15, 0.2) is 55.3 Å². The van der Waals surface area contributed by atoms with Gasteiger partial charge in [0.1, 0.15) is 6.61 Å². The molecule has 0 saturated heterocycles. The van der Waals surface area contributed by atoms with Crippen molar-refractivity contribution in [2.75, 3.05) is 6.61 Å². The van der Waals surface area contributed by atoms with E-state index in [1.54, 1.807) is 25.3 Å². The van der Waals surface area contributed by atoms with Crippen LogP contribution in [0.1, 0.15) is 31.9 Å². The van der Waals surface area contributed by atoms with Gasteiger partial charge in [0, 0.05) is 11.8 Å². The maximum Gasteiger partial charge on any atom is 0.165 e. The van der Waals surface area contributed by atoms with Gasteiger partial charge in [0.25, 0.3) is 0 Å². The van der Waals surface area contributed by atoms with Crippen molar-refractivity contribution in [1.29, 1.82) is 0 Å². The molecule has 1 aromatic carbocycles. The number of nitrogens with zero attached hydrogens (tertiary/aromatic N) is 1. The molecule has 0 aliphatic heterocycles. The van der Waals surface area contributed by atoms with Gasteiger partial charge in [0.05, 0.1) is 11.8 Å². The highest BCUT2D eigenvalue weighted by atomic mass is 19.1. The summed E-state index contributed by atoms with van der Waals surface area (Å²) >= 11 is 0. The zero-order valence-corrected chi connectivity index (χ0v) is 14.5. The second-order valence-electron chi connectivity index (χ2n) is 5.90. The Labute approximate surface area is 148 Å². The summed E-state index contributed by atoms with van der Waals surface area (Å²) in [5.74, 6) is -0.185. The lowest BCUT2D eigenvalue weighted by Crippen LogP contribution is -1.97. The first-order chi connectivity index (χ1) is 12.1. The molecule has 0 aliphatic rings. The average molecular weight is 341 g/mol. The molecule has 0 aliphatic carbocycles. The molecule has 132 valence electrons. The molecular weight excluding hydrogens is 317 g/mol. The smallest absolute Gasteiger partial charge is 0.165 e. The number of rotatable bonds is 9. The fraction of sp³-hybridized carbons (Fsp3) is 0.286. The highest BCUT2D eigenvalue weighted by molar-refractivity contribution is 5.64. The van der Waals surface area contributed by atoms with Crippen molar-refractivity contribution in [3.05, 3.63) is 66.8 Å². The average Bonchev–Trinajstić information content (AvgIpc) is 2.60. The van der Waals surface area contributed by atoms with Gasteiger partial charge in [0.15, 0.2) is 11.6 Å². The summed E-state index contributed by atoms with van der Waals surface area (Å²) in [5.41, 5.74) is 2.45. The molecule has 1 unspecified atom stereocenters. The Morgan fingerprint density at radius 1 is 1.28 bits per heavy atom. The third-order valence-electron chi connectivity index (χ3n) is 3.69. The third kappa shape index (κ3) is 6.16. The van der Waals surface area contributed by atoms with E-state index >= 15 is 0 Å². The van der Waals surface area contributed by atoms with Gasteiger partial charge in [-0.2, -0.15) is 0 Å². The standard InChI is InChI=1S/C21H24FNO2/c1-3-13-25-21-12-10-17(14-20(21)22)18-9-11-19(23-15-18)8-6-4-5-7-16(2)24/h3,6,8-12,14-16,24H,1,4-5,7,13H2,2H3. The fourth-order valence-electron chi connectivity index (χ4n) is 2.36. The van der Waals surface area contributed by atoms with E-state index in [1.807, 2.05) is 24.3 Å². The molecule has 25 heavy (non-hydrogen) atoms. The van der Waals surface area contributed by atoms with Crippen molar-refractivity contribution in [3.63, 3.8) is 0 Å². The maximum absolute atomic E-state index is 14.0. The van der Waals surface area contributed by atoms with Crippen molar-refractivity contribution in [3.8, 4) is 16.9 Å². The Morgan fingerprint density at radius 2 is 2.08 bits per heavy atom. The minimum atomic E-state index is -0.401. The molecule has 1 aromatic heterocycles. The van der Waals surface area contributed by atoms with Crippen LogP contribution < -0.4 is 4.74 Å². The number of benzene rings is 1. The van der Waals surface area contributed by atoms with Crippen molar-refractivity contribution in [1.82, 2.24) is 4.98 Å². The summed E-state index contributed by atoms with van der Waals surface area (Å²) in [4.78, 5) is 4.39. The van der Waals surface area contributed by atoms with Gasteiger partial charge in [-0.3, -0.25) is 4.98 Å². The molecule has 0 saturated carbocycles. The molecule has 2 rings (SSSR count). The van der Waals surface area contributed by atoms with Crippen LogP contribution in [0.25, 0.3) is 17.2 Å². The van der Waals surface area contributed by atoms with Gasteiger partial charge < -0.3 is 9.84 Å². The molecule has 2 aromatic rings. The minimum Gasteiger partial charge on any atom is -0.486 e. The molecule has 1 atom stereocenters. The number of pyridine rings is 1. The van der Waals surface area contributed by atoms with E-state index in [1.165, 1.54) is 6.07 Å². The summed E-state index contributed by atoms with van der Waals surface area (Å²) in [5, 5.41) is 9.21. The van der Waals surface area contributed by atoms with E-state index < -0.39 is 5.82 Å². The van der Waals surface area contributed by atoms with E-state index in [-0.39, 0.29) is 18.5 Å². The Bertz CT molecular complexity index is 708. The molecule has 0 radical (unpaired) electrons. The van der Waals surface area contributed by atoms with Crippen molar-refractivity contribution < 1.29 is 14.2 Å². The summed E-state index contributed by atoms with van der Waals surface area (Å²) < 4.78 is 19.3. The lowest BCUT2D eigenvalue weighted by molar-refractivity contribution is 0.182. The van der Waals surface area contributed by atoms with Gasteiger partial charge in [-0.15, -0.1) is 0 Å². The van der Waals surface area contributed by atoms with Gasteiger partial charge in [-0.05, 0) is 56.0 Å². The number of hydrogen-bond acceptors (Lipinski definition) is 3. The first-order valence-electron chi connectivity index (χ1n) is 8.44. The lowest BCUT2D eigenvalue weighted by atomic mass is 10.1. The number of aromatic nitrogens is 1. The number of hydrogen-bond donors (Lipinski definition) is 1. The van der Waals surface area contributed by atoms with E-state index in [0.717, 1.165) is 36.1 Å². The molecule has 3 nitrogen and oxygen atoms in total. The molecule has 0 amide bonds. The topological polar surface area (TPSA) is 42.4 Å². The normalized spacial score (nSPS) is 12.3. The quantitative estimate of drug-likeness (QED) is 0.514. The zero-order valence-electron chi connectivity index (χ0n) is 14.5. The van der Waals surface area contributed by atoms with Crippen LogP contribution in [0.5, 0.6) is 5.75 Å². The van der Waals surface area contributed by atoms with Crippen molar-refractivity contribution in [2.45, 2.75) is 32.3 Å². The lowest BCUT2D eigenvalue weighted by Gasteiger charge is -2.07. The maximum atomic E-state index is 14.0. The Kier molecular flexibility index (Phi) is 7.36. The molecule has 4 heteroatoms. The molecular formula is C21H24FNO2.